The van der Waals surface area contributed by atoms with Gasteiger partial charge in [-0.3, -0.25) is 4.72 Å². The third-order valence-corrected chi connectivity index (χ3v) is 4.09. The average Bonchev–Trinajstić information content (AvgIpc) is 2.43. The minimum absolute atomic E-state index is 0.0931. The maximum absolute atomic E-state index is 13.6. The molecule has 0 amide bonds. The van der Waals surface area contributed by atoms with Gasteiger partial charge in [0.1, 0.15) is 5.82 Å². The van der Waals surface area contributed by atoms with Crippen molar-refractivity contribution in [2.75, 3.05) is 4.72 Å². The molecule has 0 aliphatic carbocycles. The van der Waals surface area contributed by atoms with E-state index in [1.807, 2.05) is 6.07 Å². The molecule has 0 unspecified atom stereocenters. The number of hydrogen-bond acceptors (Lipinski definition) is 3. The summed E-state index contributed by atoms with van der Waals surface area (Å²) in [5.74, 6) is -1.03. The highest BCUT2D eigenvalue weighted by Gasteiger charge is 2.16. The van der Waals surface area contributed by atoms with Crippen LogP contribution in [0.1, 0.15) is 16.7 Å². The van der Waals surface area contributed by atoms with Crippen molar-refractivity contribution >= 4 is 15.7 Å². The SMILES string of the molecule is Cc1ccc(F)c(NS(=O)(=O)Cc2ccccc2C#N)c1. The molecule has 2 rings (SSSR count). The van der Waals surface area contributed by atoms with Gasteiger partial charge >= 0.3 is 0 Å². The number of benzene rings is 2. The Morgan fingerprint density at radius 1 is 1.24 bits per heavy atom. The van der Waals surface area contributed by atoms with E-state index in [1.165, 1.54) is 18.2 Å². The zero-order valence-electron chi connectivity index (χ0n) is 11.3. The molecule has 2 aromatic rings. The van der Waals surface area contributed by atoms with Gasteiger partial charge in [0, 0.05) is 0 Å². The van der Waals surface area contributed by atoms with Crippen molar-refractivity contribution in [3.05, 3.63) is 65.0 Å². The smallest absolute Gasteiger partial charge is 0.237 e. The third-order valence-electron chi connectivity index (χ3n) is 2.87. The summed E-state index contributed by atoms with van der Waals surface area (Å²) >= 11 is 0. The topological polar surface area (TPSA) is 70.0 Å². The number of hydrogen-bond donors (Lipinski definition) is 1. The maximum atomic E-state index is 13.6. The molecular weight excluding hydrogens is 291 g/mol. The fraction of sp³-hybridized carbons (Fsp3) is 0.133. The Morgan fingerprint density at radius 2 is 1.95 bits per heavy atom. The molecule has 0 aromatic heterocycles. The van der Waals surface area contributed by atoms with Gasteiger partial charge in [-0.1, -0.05) is 24.3 Å². The molecule has 0 radical (unpaired) electrons. The maximum Gasteiger partial charge on any atom is 0.237 e. The molecule has 0 saturated heterocycles. The molecule has 0 bridgehead atoms. The van der Waals surface area contributed by atoms with Gasteiger partial charge in [-0.15, -0.1) is 0 Å². The summed E-state index contributed by atoms with van der Waals surface area (Å²) in [6.45, 7) is 1.74. The number of nitrogens with one attached hydrogen (secondary N) is 1. The normalized spacial score (nSPS) is 10.9. The Morgan fingerprint density at radius 3 is 2.67 bits per heavy atom. The lowest BCUT2D eigenvalue weighted by Gasteiger charge is -2.10. The van der Waals surface area contributed by atoms with Crippen LogP contribution in [0.3, 0.4) is 0 Å². The lowest BCUT2D eigenvalue weighted by molar-refractivity contribution is 0.597. The molecule has 0 aliphatic heterocycles. The molecule has 0 spiro atoms. The average molecular weight is 304 g/mol. The summed E-state index contributed by atoms with van der Waals surface area (Å²) in [6.07, 6.45) is 0. The summed E-state index contributed by atoms with van der Waals surface area (Å²) in [5.41, 5.74) is 1.31. The van der Waals surface area contributed by atoms with E-state index in [1.54, 1.807) is 31.2 Å². The first-order valence-electron chi connectivity index (χ1n) is 6.16. The van der Waals surface area contributed by atoms with Crippen LogP contribution in [0, 0.1) is 24.1 Å². The van der Waals surface area contributed by atoms with E-state index in [2.05, 4.69) is 4.72 Å². The number of rotatable bonds is 4. The van der Waals surface area contributed by atoms with Crippen LogP contribution in [0.25, 0.3) is 0 Å². The minimum Gasteiger partial charge on any atom is -0.280 e. The van der Waals surface area contributed by atoms with Gasteiger partial charge in [0.15, 0.2) is 0 Å². The zero-order valence-corrected chi connectivity index (χ0v) is 12.1. The van der Waals surface area contributed by atoms with Crippen molar-refractivity contribution in [2.24, 2.45) is 0 Å². The van der Waals surface area contributed by atoms with Crippen LogP contribution in [0.4, 0.5) is 10.1 Å². The molecule has 0 heterocycles. The summed E-state index contributed by atoms with van der Waals surface area (Å²) in [4.78, 5) is 0. The molecule has 1 N–H and O–H groups in total. The van der Waals surface area contributed by atoms with Crippen molar-refractivity contribution in [2.45, 2.75) is 12.7 Å². The number of anilines is 1. The molecule has 0 saturated carbocycles. The van der Waals surface area contributed by atoms with Gasteiger partial charge in [-0.2, -0.15) is 5.26 Å². The predicted molar refractivity (Wildman–Crippen MR) is 78.5 cm³/mol. The fourth-order valence-electron chi connectivity index (χ4n) is 1.88. The Hall–Kier alpha value is -2.39. The van der Waals surface area contributed by atoms with E-state index in [0.29, 0.717) is 5.56 Å². The number of aryl methyl sites for hydroxylation is 1. The second kappa shape index (κ2) is 5.94. The molecule has 6 heteroatoms. The number of sulfonamides is 1. The van der Waals surface area contributed by atoms with Crippen LogP contribution in [0.15, 0.2) is 42.5 Å². The predicted octanol–water partition coefficient (Wildman–Crippen LogP) is 2.95. The highest BCUT2D eigenvalue weighted by Crippen LogP contribution is 2.19. The molecular formula is C15H13FN2O2S. The molecule has 4 nitrogen and oxygen atoms in total. The largest absolute Gasteiger partial charge is 0.280 e. The molecule has 2 aromatic carbocycles. The van der Waals surface area contributed by atoms with Crippen LogP contribution >= 0.6 is 0 Å². The van der Waals surface area contributed by atoms with E-state index in [0.717, 1.165) is 5.56 Å². The van der Waals surface area contributed by atoms with Gasteiger partial charge in [-0.05, 0) is 36.2 Å². The van der Waals surface area contributed by atoms with Crippen molar-refractivity contribution in [1.29, 1.82) is 5.26 Å². The highest BCUT2D eigenvalue weighted by molar-refractivity contribution is 7.91. The monoisotopic (exact) mass is 304 g/mol. The van der Waals surface area contributed by atoms with E-state index in [4.69, 9.17) is 5.26 Å². The first-order chi connectivity index (χ1) is 9.91. The van der Waals surface area contributed by atoms with Crippen molar-refractivity contribution in [3.8, 4) is 6.07 Å². The second-order valence-electron chi connectivity index (χ2n) is 4.61. The van der Waals surface area contributed by atoms with Crippen LogP contribution in [-0.2, 0) is 15.8 Å². The number of nitriles is 1. The first kappa shape index (κ1) is 15.0. The van der Waals surface area contributed by atoms with Crippen molar-refractivity contribution < 1.29 is 12.8 Å². The van der Waals surface area contributed by atoms with E-state index in [9.17, 15) is 12.8 Å². The first-order valence-corrected chi connectivity index (χ1v) is 7.81. The zero-order chi connectivity index (χ0) is 15.5. The van der Waals surface area contributed by atoms with E-state index in [-0.39, 0.29) is 17.0 Å². The quantitative estimate of drug-likeness (QED) is 0.944. The molecule has 108 valence electrons. The van der Waals surface area contributed by atoms with E-state index < -0.39 is 15.8 Å². The molecule has 0 fully saturated rings. The van der Waals surface area contributed by atoms with Gasteiger partial charge in [0.05, 0.1) is 23.1 Å². The number of nitrogens with zero attached hydrogens (tertiary/aromatic N) is 1. The van der Waals surface area contributed by atoms with Crippen LogP contribution < -0.4 is 4.72 Å². The minimum atomic E-state index is -3.80. The fourth-order valence-corrected chi connectivity index (χ4v) is 3.11. The van der Waals surface area contributed by atoms with Crippen molar-refractivity contribution in [1.82, 2.24) is 0 Å². The van der Waals surface area contributed by atoms with Gasteiger partial charge in [-0.25, -0.2) is 12.8 Å². The Balaban J connectivity index is 2.27. The summed E-state index contributed by atoms with van der Waals surface area (Å²) in [6, 6.07) is 12.5. The highest BCUT2D eigenvalue weighted by atomic mass is 32.2. The van der Waals surface area contributed by atoms with Crippen LogP contribution in [0.2, 0.25) is 0 Å². The molecule has 0 aliphatic rings. The molecule has 21 heavy (non-hydrogen) atoms. The Kier molecular flexibility index (Phi) is 4.24. The third kappa shape index (κ3) is 3.80. The Labute approximate surface area is 122 Å². The lowest BCUT2D eigenvalue weighted by Crippen LogP contribution is -2.16. The standard InChI is InChI=1S/C15H13FN2O2S/c1-11-6-7-14(16)15(8-11)18-21(19,20)10-13-5-3-2-4-12(13)9-17/h2-8,18H,10H2,1H3. The van der Waals surface area contributed by atoms with Gasteiger partial charge in [0.25, 0.3) is 0 Å². The summed E-state index contributed by atoms with van der Waals surface area (Å²) in [5, 5.41) is 8.96. The van der Waals surface area contributed by atoms with Crippen LogP contribution in [0.5, 0.6) is 0 Å². The molecule has 0 atom stereocenters. The Bertz CT molecular complexity index is 811. The van der Waals surface area contributed by atoms with E-state index >= 15 is 0 Å². The van der Waals surface area contributed by atoms with Crippen molar-refractivity contribution in [3.63, 3.8) is 0 Å². The number of halogens is 1. The van der Waals surface area contributed by atoms with Gasteiger partial charge < -0.3 is 0 Å². The van der Waals surface area contributed by atoms with Gasteiger partial charge in [0.2, 0.25) is 10.0 Å². The lowest BCUT2D eigenvalue weighted by atomic mass is 10.1. The second-order valence-corrected chi connectivity index (χ2v) is 6.34. The summed E-state index contributed by atoms with van der Waals surface area (Å²) < 4.78 is 40.0. The van der Waals surface area contributed by atoms with Crippen LogP contribution in [-0.4, -0.2) is 8.42 Å². The summed E-state index contributed by atoms with van der Waals surface area (Å²) in [7, 11) is -3.80.